The predicted molar refractivity (Wildman–Crippen MR) is 117 cm³/mol. The summed E-state index contributed by atoms with van der Waals surface area (Å²) < 4.78 is 1.72. The monoisotopic (exact) mass is 406 g/mol. The number of carbonyl (C=O) groups is 1. The van der Waals surface area contributed by atoms with E-state index in [4.69, 9.17) is 4.98 Å². The van der Waals surface area contributed by atoms with Gasteiger partial charge in [0.05, 0.1) is 6.33 Å². The number of aryl methyl sites for hydroxylation is 1. The van der Waals surface area contributed by atoms with Crippen LogP contribution in [0.5, 0.6) is 0 Å². The highest BCUT2D eigenvalue weighted by molar-refractivity contribution is 5.90. The summed E-state index contributed by atoms with van der Waals surface area (Å²) in [7, 11) is 2.13. The number of aromatic nitrogens is 4. The molecular weight excluding hydrogens is 380 g/mol. The lowest BCUT2D eigenvalue weighted by Crippen LogP contribution is -2.45. The third-order valence-corrected chi connectivity index (χ3v) is 4.95. The Hall–Kier alpha value is -3.46. The Balaban J connectivity index is 1.38. The summed E-state index contributed by atoms with van der Waals surface area (Å²) >= 11 is 0. The molecule has 4 rings (SSSR count). The summed E-state index contributed by atoms with van der Waals surface area (Å²) in [6.07, 6.45) is 5.02. The van der Waals surface area contributed by atoms with Gasteiger partial charge in [-0.25, -0.2) is 9.97 Å². The number of hydrogen-bond acceptors (Lipinski definition) is 7. The lowest BCUT2D eigenvalue weighted by Gasteiger charge is -2.32. The van der Waals surface area contributed by atoms with Crippen molar-refractivity contribution in [2.45, 2.75) is 13.5 Å². The maximum absolute atomic E-state index is 12.1. The molecule has 0 aliphatic carbocycles. The van der Waals surface area contributed by atoms with Crippen LogP contribution in [0.25, 0.3) is 0 Å². The van der Waals surface area contributed by atoms with E-state index in [1.165, 1.54) is 0 Å². The second kappa shape index (κ2) is 8.91. The van der Waals surface area contributed by atoms with Gasteiger partial charge in [-0.15, -0.1) is 0 Å². The van der Waals surface area contributed by atoms with Gasteiger partial charge in [-0.2, -0.15) is 4.98 Å². The van der Waals surface area contributed by atoms with Crippen LogP contribution in [0.2, 0.25) is 0 Å². The first-order chi connectivity index (χ1) is 14.5. The van der Waals surface area contributed by atoms with E-state index < -0.39 is 0 Å². The van der Waals surface area contributed by atoms with Gasteiger partial charge in [0, 0.05) is 61.7 Å². The molecule has 3 heterocycles. The number of imidazole rings is 1. The fourth-order valence-corrected chi connectivity index (χ4v) is 3.30. The van der Waals surface area contributed by atoms with E-state index >= 15 is 0 Å². The van der Waals surface area contributed by atoms with Crippen LogP contribution < -0.4 is 15.5 Å². The molecule has 2 aromatic heterocycles. The van der Waals surface area contributed by atoms with Gasteiger partial charge in [0.15, 0.2) is 0 Å². The zero-order chi connectivity index (χ0) is 20.9. The van der Waals surface area contributed by atoms with Gasteiger partial charge in [-0.05, 0) is 38.2 Å². The standard InChI is InChI=1S/C21H26N8O/c1-16-13-19(26-21(23-16)29-11-9-27(2)10-12-29)24-17-3-5-18(6-4-17)25-20(30)14-28-8-7-22-15-28/h3-8,13,15H,9-12,14H2,1-2H3,(H,25,30)(H,23,24,26). The van der Waals surface area contributed by atoms with Crippen molar-refractivity contribution in [3.05, 3.63) is 54.7 Å². The first-order valence-corrected chi connectivity index (χ1v) is 9.97. The Kier molecular flexibility index (Phi) is 5.89. The third-order valence-electron chi connectivity index (χ3n) is 4.95. The summed E-state index contributed by atoms with van der Waals surface area (Å²) in [5.74, 6) is 1.42. The van der Waals surface area contributed by atoms with Crippen molar-refractivity contribution in [1.82, 2.24) is 24.4 Å². The van der Waals surface area contributed by atoms with Crippen molar-refractivity contribution in [1.29, 1.82) is 0 Å². The van der Waals surface area contributed by atoms with E-state index in [1.54, 1.807) is 23.3 Å². The lowest BCUT2D eigenvalue weighted by atomic mass is 10.2. The van der Waals surface area contributed by atoms with Crippen LogP contribution in [0.3, 0.4) is 0 Å². The molecular formula is C21H26N8O. The van der Waals surface area contributed by atoms with Gasteiger partial charge in [-0.3, -0.25) is 4.79 Å². The van der Waals surface area contributed by atoms with Crippen LogP contribution in [0.4, 0.5) is 23.1 Å². The molecule has 9 heteroatoms. The fourth-order valence-electron chi connectivity index (χ4n) is 3.30. The van der Waals surface area contributed by atoms with Crippen LogP contribution in [0.1, 0.15) is 5.69 Å². The highest BCUT2D eigenvalue weighted by Gasteiger charge is 2.17. The van der Waals surface area contributed by atoms with Gasteiger partial charge in [0.25, 0.3) is 0 Å². The third kappa shape index (κ3) is 5.12. The molecule has 1 saturated heterocycles. The number of nitrogens with one attached hydrogen (secondary N) is 2. The molecule has 0 unspecified atom stereocenters. The Bertz CT molecular complexity index is 979. The zero-order valence-electron chi connectivity index (χ0n) is 17.2. The minimum absolute atomic E-state index is 0.100. The number of piperazine rings is 1. The average molecular weight is 406 g/mol. The Morgan fingerprint density at radius 1 is 1.07 bits per heavy atom. The van der Waals surface area contributed by atoms with Gasteiger partial charge in [0.1, 0.15) is 12.4 Å². The molecule has 1 aromatic carbocycles. The van der Waals surface area contributed by atoms with Crippen LogP contribution in [0, 0.1) is 6.92 Å². The van der Waals surface area contributed by atoms with Crippen LogP contribution in [0.15, 0.2) is 49.1 Å². The molecule has 156 valence electrons. The summed E-state index contributed by atoms with van der Waals surface area (Å²) in [4.78, 5) is 29.9. The van der Waals surface area contributed by atoms with E-state index in [0.717, 1.165) is 55.0 Å². The first kappa shape index (κ1) is 19.8. The molecule has 2 N–H and O–H groups in total. The van der Waals surface area contributed by atoms with Crippen molar-refractivity contribution in [3.8, 4) is 0 Å². The van der Waals surface area contributed by atoms with Crippen molar-refractivity contribution < 1.29 is 4.79 Å². The molecule has 1 aliphatic rings. The van der Waals surface area contributed by atoms with Crippen LogP contribution >= 0.6 is 0 Å². The summed E-state index contributed by atoms with van der Waals surface area (Å²) in [5, 5.41) is 6.22. The molecule has 1 amide bonds. The molecule has 30 heavy (non-hydrogen) atoms. The molecule has 0 bridgehead atoms. The first-order valence-electron chi connectivity index (χ1n) is 9.97. The minimum Gasteiger partial charge on any atom is -0.340 e. The van der Waals surface area contributed by atoms with Crippen LogP contribution in [-0.2, 0) is 11.3 Å². The van der Waals surface area contributed by atoms with E-state index in [-0.39, 0.29) is 12.5 Å². The average Bonchev–Trinajstić information content (AvgIpc) is 3.22. The van der Waals surface area contributed by atoms with E-state index in [0.29, 0.717) is 0 Å². The van der Waals surface area contributed by atoms with Crippen molar-refractivity contribution in [2.75, 3.05) is 48.8 Å². The molecule has 1 fully saturated rings. The quantitative estimate of drug-likeness (QED) is 0.648. The summed E-state index contributed by atoms with van der Waals surface area (Å²) in [6.45, 7) is 6.07. The van der Waals surface area contributed by atoms with Gasteiger partial charge >= 0.3 is 0 Å². The minimum atomic E-state index is -0.100. The highest BCUT2D eigenvalue weighted by Crippen LogP contribution is 2.21. The second-order valence-electron chi connectivity index (χ2n) is 7.47. The molecule has 0 spiro atoms. The molecule has 1 aliphatic heterocycles. The Morgan fingerprint density at radius 3 is 2.50 bits per heavy atom. The molecule has 0 atom stereocenters. The number of nitrogens with zero attached hydrogens (tertiary/aromatic N) is 6. The Morgan fingerprint density at radius 2 is 1.80 bits per heavy atom. The fraction of sp³-hybridized carbons (Fsp3) is 0.333. The lowest BCUT2D eigenvalue weighted by molar-refractivity contribution is -0.116. The van der Waals surface area contributed by atoms with Crippen molar-refractivity contribution >= 4 is 29.0 Å². The SMILES string of the molecule is Cc1cc(Nc2ccc(NC(=O)Cn3ccnc3)cc2)nc(N2CCN(C)CC2)n1. The maximum Gasteiger partial charge on any atom is 0.244 e. The topological polar surface area (TPSA) is 91.2 Å². The number of likely N-dealkylation sites (N-methyl/N-ethyl adjacent to an activating group) is 1. The maximum atomic E-state index is 12.1. The van der Waals surface area contributed by atoms with Crippen LogP contribution in [-0.4, -0.2) is 63.6 Å². The normalized spacial score (nSPS) is 14.5. The van der Waals surface area contributed by atoms with Gasteiger partial charge < -0.3 is 25.0 Å². The van der Waals surface area contributed by atoms with Crippen molar-refractivity contribution in [2.24, 2.45) is 0 Å². The van der Waals surface area contributed by atoms with Gasteiger partial charge in [0.2, 0.25) is 11.9 Å². The number of amides is 1. The number of benzene rings is 1. The number of hydrogen-bond donors (Lipinski definition) is 2. The Labute approximate surface area is 175 Å². The molecule has 0 saturated carbocycles. The van der Waals surface area contributed by atoms with Gasteiger partial charge in [-0.1, -0.05) is 0 Å². The van der Waals surface area contributed by atoms with Crippen molar-refractivity contribution in [3.63, 3.8) is 0 Å². The highest BCUT2D eigenvalue weighted by atomic mass is 16.1. The number of carbonyl (C=O) groups excluding carboxylic acids is 1. The van der Waals surface area contributed by atoms with E-state index in [9.17, 15) is 4.79 Å². The largest absolute Gasteiger partial charge is 0.340 e. The number of anilines is 4. The molecule has 9 nitrogen and oxygen atoms in total. The number of rotatable bonds is 6. The predicted octanol–water partition coefficient (Wildman–Crippen LogP) is 2.12. The summed E-state index contributed by atoms with van der Waals surface area (Å²) in [5.41, 5.74) is 2.55. The van der Waals surface area contributed by atoms with E-state index in [1.807, 2.05) is 37.3 Å². The molecule has 3 aromatic rings. The second-order valence-corrected chi connectivity index (χ2v) is 7.47. The zero-order valence-corrected chi connectivity index (χ0v) is 17.2. The smallest absolute Gasteiger partial charge is 0.244 e. The summed E-state index contributed by atoms with van der Waals surface area (Å²) in [6, 6.07) is 9.49. The van der Waals surface area contributed by atoms with E-state index in [2.05, 4.69) is 37.4 Å². The molecule has 0 radical (unpaired) electrons.